The molecule has 3 aromatic rings. The Balaban J connectivity index is 1.56. The van der Waals surface area contributed by atoms with Gasteiger partial charge in [0.15, 0.2) is 0 Å². The molecule has 0 unspecified atom stereocenters. The first-order valence-corrected chi connectivity index (χ1v) is 12.6. The van der Waals surface area contributed by atoms with Crippen LogP contribution in [0, 0.1) is 30.0 Å². The molecular formula is C29H32FN5O3. The van der Waals surface area contributed by atoms with E-state index in [1.807, 2.05) is 39.0 Å². The second kappa shape index (κ2) is 10.3. The van der Waals surface area contributed by atoms with Crippen molar-refractivity contribution in [3.8, 4) is 6.07 Å². The lowest BCUT2D eigenvalue weighted by Gasteiger charge is -2.33. The minimum absolute atomic E-state index is 0.0611. The number of amides is 3. The van der Waals surface area contributed by atoms with Crippen LogP contribution >= 0.6 is 0 Å². The molecule has 0 saturated carbocycles. The third-order valence-corrected chi connectivity index (χ3v) is 7.31. The molecule has 1 aliphatic heterocycles. The molecule has 2 heterocycles. The highest BCUT2D eigenvalue weighted by molar-refractivity contribution is 6.06. The number of rotatable bonds is 8. The van der Waals surface area contributed by atoms with E-state index in [1.54, 1.807) is 19.1 Å². The number of aryl methyl sites for hydroxylation is 1. The lowest BCUT2D eigenvalue weighted by molar-refractivity contribution is -0.134. The molecule has 0 spiro atoms. The van der Waals surface area contributed by atoms with Crippen molar-refractivity contribution >= 4 is 34.3 Å². The van der Waals surface area contributed by atoms with Gasteiger partial charge in [0.2, 0.25) is 11.8 Å². The minimum Gasteiger partial charge on any atom is -0.350 e. The second-order valence-corrected chi connectivity index (χ2v) is 10.6. The molecule has 1 aliphatic rings. The number of aromatic nitrogens is 1. The Morgan fingerprint density at radius 1 is 1.21 bits per heavy atom. The predicted molar refractivity (Wildman–Crippen MR) is 143 cm³/mol. The summed E-state index contributed by atoms with van der Waals surface area (Å²) < 4.78 is 14.1. The molecule has 0 radical (unpaired) electrons. The van der Waals surface area contributed by atoms with E-state index < -0.39 is 35.1 Å². The van der Waals surface area contributed by atoms with Crippen molar-refractivity contribution in [1.82, 2.24) is 15.2 Å². The Morgan fingerprint density at radius 3 is 2.58 bits per heavy atom. The Morgan fingerprint density at radius 2 is 1.92 bits per heavy atom. The van der Waals surface area contributed by atoms with Crippen molar-refractivity contribution in [2.75, 3.05) is 12.4 Å². The maximum absolute atomic E-state index is 14.1. The maximum atomic E-state index is 14.1. The van der Waals surface area contributed by atoms with Gasteiger partial charge in [0, 0.05) is 23.6 Å². The fourth-order valence-corrected chi connectivity index (χ4v) is 5.30. The van der Waals surface area contributed by atoms with E-state index in [9.17, 15) is 24.0 Å². The van der Waals surface area contributed by atoms with Crippen LogP contribution in [0.3, 0.4) is 0 Å². The SMILES string of the molecule is Cc1cccc2c1[C@@](C)(C[C@@H](C#N)N(C)C(=O)[C@H](CC(C)C)NC(=O)c1cc3c(F)cccc3[nH]1)C(=O)N2. The molecule has 8 nitrogen and oxygen atoms in total. The molecule has 2 aromatic carbocycles. The molecule has 0 saturated heterocycles. The molecule has 0 aliphatic carbocycles. The molecule has 3 N–H and O–H groups in total. The number of halogens is 1. The summed E-state index contributed by atoms with van der Waals surface area (Å²) in [6, 6.07) is 11.9. The monoisotopic (exact) mass is 517 g/mol. The van der Waals surface area contributed by atoms with E-state index in [2.05, 4.69) is 21.7 Å². The van der Waals surface area contributed by atoms with Gasteiger partial charge in [-0.05, 0) is 68.0 Å². The highest BCUT2D eigenvalue weighted by Crippen LogP contribution is 2.43. The average molecular weight is 518 g/mol. The first-order chi connectivity index (χ1) is 18.0. The van der Waals surface area contributed by atoms with Gasteiger partial charge in [0.05, 0.1) is 11.5 Å². The number of hydrogen-bond donors (Lipinski definition) is 3. The number of carbonyl (C=O) groups excluding carboxylic acids is 3. The quantitative estimate of drug-likeness (QED) is 0.410. The van der Waals surface area contributed by atoms with Crippen molar-refractivity contribution in [3.05, 3.63) is 65.1 Å². The van der Waals surface area contributed by atoms with Gasteiger partial charge in [0.1, 0.15) is 23.6 Å². The van der Waals surface area contributed by atoms with Gasteiger partial charge in [-0.25, -0.2) is 4.39 Å². The molecule has 4 rings (SSSR count). The smallest absolute Gasteiger partial charge is 0.268 e. The zero-order valence-corrected chi connectivity index (χ0v) is 22.2. The van der Waals surface area contributed by atoms with Crippen LogP contribution < -0.4 is 10.6 Å². The lowest BCUT2D eigenvalue weighted by atomic mass is 9.76. The summed E-state index contributed by atoms with van der Waals surface area (Å²) in [5, 5.41) is 16.0. The van der Waals surface area contributed by atoms with Gasteiger partial charge in [-0.3, -0.25) is 14.4 Å². The maximum Gasteiger partial charge on any atom is 0.268 e. The number of carbonyl (C=O) groups is 3. The highest BCUT2D eigenvalue weighted by atomic mass is 19.1. The summed E-state index contributed by atoms with van der Waals surface area (Å²) in [7, 11) is 1.52. The topological polar surface area (TPSA) is 118 Å². The van der Waals surface area contributed by atoms with E-state index in [-0.39, 0.29) is 29.3 Å². The van der Waals surface area contributed by atoms with Crippen molar-refractivity contribution in [1.29, 1.82) is 5.26 Å². The number of benzene rings is 2. The summed E-state index contributed by atoms with van der Waals surface area (Å²) in [5.41, 5.74) is 2.07. The summed E-state index contributed by atoms with van der Waals surface area (Å²) in [6.07, 6.45) is 0.431. The van der Waals surface area contributed by atoms with Crippen LogP contribution in [0.1, 0.15) is 55.2 Å². The van der Waals surface area contributed by atoms with Crippen LogP contribution in [0.4, 0.5) is 10.1 Å². The molecule has 3 amide bonds. The fraction of sp³-hybridized carbons (Fsp3) is 0.379. The molecule has 1 aromatic heterocycles. The Kier molecular flexibility index (Phi) is 7.27. The van der Waals surface area contributed by atoms with Gasteiger partial charge in [-0.15, -0.1) is 0 Å². The largest absolute Gasteiger partial charge is 0.350 e. The van der Waals surface area contributed by atoms with E-state index in [4.69, 9.17) is 0 Å². The van der Waals surface area contributed by atoms with Crippen molar-refractivity contribution in [2.24, 2.45) is 5.92 Å². The number of hydrogen-bond acceptors (Lipinski definition) is 4. The van der Waals surface area contributed by atoms with Gasteiger partial charge in [0.25, 0.3) is 5.91 Å². The third kappa shape index (κ3) is 4.86. The second-order valence-electron chi connectivity index (χ2n) is 10.6. The van der Waals surface area contributed by atoms with Crippen molar-refractivity contribution < 1.29 is 18.8 Å². The summed E-state index contributed by atoms with van der Waals surface area (Å²) >= 11 is 0. The molecular weight excluding hydrogens is 485 g/mol. The van der Waals surface area contributed by atoms with Crippen LogP contribution in [0.2, 0.25) is 0 Å². The van der Waals surface area contributed by atoms with Crippen LogP contribution in [-0.4, -0.2) is 46.7 Å². The molecule has 0 bridgehead atoms. The lowest BCUT2D eigenvalue weighted by Crippen LogP contribution is -2.52. The van der Waals surface area contributed by atoms with Crippen LogP contribution in [0.5, 0.6) is 0 Å². The number of likely N-dealkylation sites (N-methyl/N-ethyl adjacent to an activating group) is 1. The molecule has 3 atom stereocenters. The molecule has 38 heavy (non-hydrogen) atoms. The number of H-pyrrole nitrogens is 1. The molecule has 198 valence electrons. The predicted octanol–water partition coefficient (Wildman–Crippen LogP) is 4.41. The standard InChI is InChI=1S/C29H32FN5O3/c1-16(2)12-24(33-26(36)23-13-19-20(30)9-7-10-21(19)32-23)27(37)35(5)18(15-31)14-29(4)25-17(3)8-6-11-22(25)34-28(29)38/h6-11,13,16,18,24,32H,12,14H2,1-5H3,(H,33,36)(H,34,38)/t18-,24-,29+/m0/s1. The van der Waals surface area contributed by atoms with Crippen LogP contribution in [0.25, 0.3) is 10.9 Å². The summed E-state index contributed by atoms with van der Waals surface area (Å²) in [5.74, 6) is -1.60. The Labute approximate surface area is 221 Å². The highest BCUT2D eigenvalue weighted by Gasteiger charge is 2.46. The van der Waals surface area contributed by atoms with Gasteiger partial charge in [-0.1, -0.05) is 32.0 Å². The zero-order chi connectivity index (χ0) is 27.8. The number of nitrogens with one attached hydrogen (secondary N) is 3. The number of aromatic amines is 1. The minimum atomic E-state index is -0.999. The Bertz CT molecular complexity index is 1460. The van der Waals surface area contributed by atoms with E-state index in [0.717, 1.165) is 11.1 Å². The number of nitriles is 1. The fourth-order valence-electron chi connectivity index (χ4n) is 5.30. The zero-order valence-electron chi connectivity index (χ0n) is 22.2. The average Bonchev–Trinajstić information content (AvgIpc) is 3.41. The van der Waals surface area contributed by atoms with E-state index in [0.29, 0.717) is 17.6 Å². The molecule has 0 fully saturated rings. The van der Waals surface area contributed by atoms with Gasteiger partial charge >= 0.3 is 0 Å². The number of anilines is 1. The first-order valence-electron chi connectivity index (χ1n) is 12.6. The Hall–Kier alpha value is -4.19. The normalized spacial score (nSPS) is 18.0. The third-order valence-electron chi connectivity index (χ3n) is 7.31. The van der Waals surface area contributed by atoms with E-state index in [1.165, 1.54) is 24.1 Å². The number of fused-ring (bicyclic) bond motifs is 2. The van der Waals surface area contributed by atoms with Crippen molar-refractivity contribution in [2.45, 2.75) is 58.0 Å². The first kappa shape index (κ1) is 26.9. The van der Waals surface area contributed by atoms with Crippen LogP contribution in [0.15, 0.2) is 42.5 Å². The van der Waals surface area contributed by atoms with E-state index >= 15 is 0 Å². The van der Waals surface area contributed by atoms with Crippen LogP contribution in [-0.2, 0) is 15.0 Å². The van der Waals surface area contributed by atoms with Gasteiger partial charge in [-0.2, -0.15) is 5.26 Å². The number of nitrogens with zero attached hydrogens (tertiary/aromatic N) is 2. The van der Waals surface area contributed by atoms with Crippen molar-refractivity contribution in [3.63, 3.8) is 0 Å². The summed E-state index contributed by atoms with van der Waals surface area (Å²) in [4.78, 5) is 43.9. The summed E-state index contributed by atoms with van der Waals surface area (Å²) in [6.45, 7) is 7.55. The van der Waals surface area contributed by atoms with Gasteiger partial charge < -0.3 is 20.5 Å². The molecule has 9 heteroatoms.